The van der Waals surface area contributed by atoms with Gasteiger partial charge in [0.2, 0.25) is 11.1 Å². The van der Waals surface area contributed by atoms with Crippen LogP contribution < -0.4 is 0 Å². The second-order valence-electron chi connectivity index (χ2n) is 6.74. The molecule has 6 nitrogen and oxygen atoms in total. The van der Waals surface area contributed by atoms with Crippen LogP contribution in [0, 0.1) is 0 Å². The van der Waals surface area contributed by atoms with E-state index in [1.54, 1.807) is 24.3 Å². The lowest BCUT2D eigenvalue weighted by Crippen LogP contribution is -2.41. The number of carbonyl (C=O) groups is 2. The van der Waals surface area contributed by atoms with Crippen molar-refractivity contribution < 1.29 is 9.59 Å². The standard InChI is InChI=1S/C21H19ClN4O2S/c22-16-11-9-15(10-12-16)19(27)26-13-5-4-8-17(20(26)28)29-21-23-18(24-25-21)14-6-2-1-3-7-14/h1-3,6-7,9-12,17H,4-5,8,13H2,(H,23,24,25). The number of hydrogen-bond donors (Lipinski definition) is 1. The Morgan fingerprint density at radius 2 is 1.86 bits per heavy atom. The zero-order valence-corrected chi connectivity index (χ0v) is 17.1. The number of amides is 2. The van der Waals surface area contributed by atoms with Crippen molar-refractivity contribution >= 4 is 35.2 Å². The molecule has 0 bridgehead atoms. The Hall–Kier alpha value is -2.64. The number of nitrogens with zero attached hydrogens (tertiary/aromatic N) is 3. The number of rotatable bonds is 4. The van der Waals surface area contributed by atoms with E-state index in [9.17, 15) is 9.59 Å². The van der Waals surface area contributed by atoms with Crippen molar-refractivity contribution in [3.05, 3.63) is 65.2 Å². The van der Waals surface area contributed by atoms with Gasteiger partial charge < -0.3 is 0 Å². The first kappa shape index (κ1) is 19.7. The Bertz CT molecular complexity index is 1010. The summed E-state index contributed by atoms with van der Waals surface area (Å²) in [5.74, 6) is 0.168. The second-order valence-corrected chi connectivity index (χ2v) is 8.34. The van der Waals surface area contributed by atoms with Gasteiger partial charge in [-0.3, -0.25) is 19.6 Å². The molecule has 29 heavy (non-hydrogen) atoms. The number of imide groups is 1. The average Bonchev–Trinajstić information content (AvgIpc) is 3.14. The molecule has 4 rings (SSSR count). The fourth-order valence-corrected chi connectivity index (χ4v) is 4.35. The molecule has 8 heteroatoms. The van der Waals surface area contributed by atoms with Gasteiger partial charge in [-0.1, -0.05) is 60.1 Å². The molecule has 1 aliphatic heterocycles. The van der Waals surface area contributed by atoms with Crippen molar-refractivity contribution in [2.45, 2.75) is 29.7 Å². The maximum atomic E-state index is 13.1. The fraction of sp³-hybridized carbons (Fsp3) is 0.238. The van der Waals surface area contributed by atoms with E-state index in [-0.39, 0.29) is 11.8 Å². The van der Waals surface area contributed by atoms with E-state index in [1.165, 1.54) is 16.7 Å². The molecule has 1 atom stereocenters. The summed E-state index contributed by atoms with van der Waals surface area (Å²) in [6, 6.07) is 16.3. The molecule has 1 saturated heterocycles. The molecule has 1 aliphatic rings. The highest BCUT2D eigenvalue weighted by Gasteiger charge is 2.33. The molecule has 1 aromatic heterocycles. The first-order valence-corrected chi connectivity index (χ1v) is 10.6. The Morgan fingerprint density at radius 3 is 2.62 bits per heavy atom. The zero-order valence-electron chi connectivity index (χ0n) is 15.5. The van der Waals surface area contributed by atoms with Gasteiger partial charge in [0.15, 0.2) is 5.82 Å². The van der Waals surface area contributed by atoms with Crippen LogP contribution in [0.2, 0.25) is 5.02 Å². The number of carbonyl (C=O) groups excluding carboxylic acids is 2. The first-order chi connectivity index (χ1) is 14.1. The lowest BCUT2D eigenvalue weighted by atomic mass is 10.2. The van der Waals surface area contributed by atoms with Crippen molar-refractivity contribution in [2.75, 3.05) is 6.54 Å². The summed E-state index contributed by atoms with van der Waals surface area (Å²) in [5, 5.41) is 7.83. The first-order valence-electron chi connectivity index (χ1n) is 9.37. The van der Waals surface area contributed by atoms with Gasteiger partial charge in [-0.15, -0.1) is 5.10 Å². The van der Waals surface area contributed by atoms with E-state index in [0.717, 1.165) is 18.4 Å². The van der Waals surface area contributed by atoms with Crippen molar-refractivity contribution in [2.24, 2.45) is 0 Å². The third-order valence-electron chi connectivity index (χ3n) is 4.74. The second kappa shape index (κ2) is 8.80. The van der Waals surface area contributed by atoms with Crippen LogP contribution in [-0.4, -0.2) is 43.7 Å². The minimum Gasteiger partial charge on any atom is -0.278 e. The zero-order chi connectivity index (χ0) is 20.2. The maximum Gasteiger partial charge on any atom is 0.260 e. The fourth-order valence-electron chi connectivity index (χ4n) is 3.22. The van der Waals surface area contributed by atoms with Crippen LogP contribution >= 0.6 is 23.4 Å². The van der Waals surface area contributed by atoms with Crippen molar-refractivity contribution in [1.29, 1.82) is 0 Å². The summed E-state index contributed by atoms with van der Waals surface area (Å²) in [6.45, 7) is 0.417. The topological polar surface area (TPSA) is 79.0 Å². The van der Waals surface area contributed by atoms with E-state index in [4.69, 9.17) is 11.6 Å². The quantitative estimate of drug-likeness (QED) is 0.624. The lowest BCUT2D eigenvalue weighted by Gasteiger charge is -2.21. The highest BCUT2D eigenvalue weighted by Crippen LogP contribution is 2.30. The Labute approximate surface area is 177 Å². The third-order valence-corrected chi connectivity index (χ3v) is 6.10. The summed E-state index contributed by atoms with van der Waals surface area (Å²) in [6.07, 6.45) is 2.33. The van der Waals surface area contributed by atoms with Crippen LogP contribution in [0.4, 0.5) is 0 Å². The Morgan fingerprint density at radius 1 is 1.10 bits per heavy atom. The number of aromatic amines is 1. The molecule has 1 N–H and O–H groups in total. The van der Waals surface area contributed by atoms with Crippen molar-refractivity contribution in [3.8, 4) is 11.4 Å². The van der Waals surface area contributed by atoms with Crippen molar-refractivity contribution in [3.63, 3.8) is 0 Å². The van der Waals surface area contributed by atoms with Gasteiger partial charge in [0.05, 0.1) is 5.25 Å². The number of halogens is 1. The van der Waals surface area contributed by atoms with Crippen LogP contribution in [0.1, 0.15) is 29.6 Å². The minimum atomic E-state index is -0.395. The van der Waals surface area contributed by atoms with Crippen LogP contribution in [-0.2, 0) is 4.79 Å². The normalized spacial score (nSPS) is 17.2. The highest BCUT2D eigenvalue weighted by atomic mass is 35.5. The maximum absolute atomic E-state index is 13.1. The number of H-pyrrole nitrogens is 1. The largest absolute Gasteiger partial charge is 0.278 e. The summed E-state index contributed by atoms with van der Waals surface area (Å²) < 4.78 is 0. The van der Waals surface area contributed by atoms with Gasteiger partial charge in [-0.2, -0.15) is 0 Å². The number of aromatic nitrogens is 3. The van der Waals surface area contributed by atoms with Crippen LogP contribution in [0.3, 0.4) is 0 Å². The smallest absolute Gasteiger partial charge is 0.260 e. The van der Waals surface area contributed by atoms with Crippen LogP contribution in [0.5, 0.6) is 0 Å². The molecular weight excluding hydrogens is 408 g/mol. The predicted octanol–water partition coefficient (Wildman–Crippen LogP) is 4.44. The molecule has 2 aromatic carbocycles. The monoisotopic (exact) mass is 426 g/mol. The molecule has 1 fully saturated rings. The number of thioether (sulfide) groups is 1. The number of likely N-dealkylation sites (tertiary alicyclic amines) is 1. The van der Waals surface area contributed by atoms with Crippen LogP contribution in [0.15, 0.2) is 59.8 Å². The average molecular weight is 427 g/mol. The minimum absolute atomic E-state index is 0.196. The number of hydrogen-bond acceptors (Lipinski definition) is 5. The molecular formula is C21H19ClN4O2S. The van der Waals surface area contributed by atoms with Gasteiger partial charge in [-0.05, 0) is 37.1 Å². The summed E-state index contributed by atoms with van der Waals surface area (Å²) in [7, 11) is 0. The van der Waals surface area contributed by atoms with E-state index in [0.29, 0.717) is 34.5 Å². The van der Waals surface area contributed by atoms with E-state index in [2.05, 4.69) is 15.2 Å². The molecule has 148 valence electrons. The number of benzene rings is 2. The molecule has 0 spiro atoms. The summed E-state index contributed by atoms with van der Waals surface area (Å²) in [5.41, 5.74) is 1.39. The van der Waals surface area contributed by atoms with E-state index >= 15 is 0 Å². The van der Waals surface area contributed by atoms with Gasteiger partial charge in [0, 0.05) is 22.7 Å². The molecule has 0 aliphatic carbocycles. The number of nitrogens with one attached hydrogen (secondary N) is 1. The molecule has 2 amide bonds. The molecule has 1 unspecified atom stereocenters. The third kappa shape index (κ3) is 4.52. The SMILES string of the molecule is O=C(c1ccc(Cl)cc1)N1CCCCC(Sc2n[nH]c(-c3ccccc3)n2)C1=O. The van der Waals surface area contributed by atoms with Crippen LogP contribution in [0.25, 0.3) is 11.4 Å². The van der Waals surface area contributed by atoms with Gasteiger partial charge >= 0.3 is 0 Å². The molecule has 3 aromatic rings. The lowest BCUT2D eigenvalue weighted by molar-refractivity contribution is -0.127. The predicted molar refractivity (Wildman–Crippen MR) is 113 cm³/mol. The molecule has 0 radical (unpaired) electrons. The highest BCUT2D eigenvalue weighted by molar-refractivity contribution is 8.00. The van der Waals surface area contributed by atoms with Gasteiger partial charge in [0.25, 0.3) is 5.91 Å². The van der Waals surface area contributed by atoms with E-state index < -0.39 is 5.25 Å². The van der Waals surface area contributed by atoms with Gasteiger partial charge in [-0.25, -0.2) is 4.98 Å². The Balaban J connectivity index is 1.50. The Kier molecular flexibility index (Phi) is 5.97. The summed E-state index contributed by atoms with van der Waals surface area (Å²) >= 11 is 7.21. The molecule has 0 saturated carbocycles. The summed E-state index contributed by atoms with van der Waals surface area (Å²) in [4.78, 5) is 31.8. The van der Waals surface area contributed by atoms with Crippen molar-refractivity contribution in [1.82, 2.24) is 20.1 Å². The van der Waals surface area contributed by atoms with Gasteiger partial charge in [0.1, 0.15) is 0 Å². The van der Waals surface area contributed by atoms with E-state index in [1.807, 2.05) is 30.3 Å². The molecule has 2 heterocycles.